The molecule has 1 aromatic rings. The fourth-order valence-corrected chi connectivity index (χ4v) is 1.66. The van der Waals surface area contributed by atoms with E-state index in [9.17, 15) is 4.79 Å². The zero-order chi connectivity index (χ0) is 13.5. The van der Waals surface area contributed by atoms with Crippen molar-refractivity contribution in [2.45, 2.75) is 6.92 Å². The van der Waals surface area contributed by atoms with Gasteiger partial charge in [-0.05, 0) is 24.6 Å². The Morgan fingerprint density at radius 1 is 1.56 bits per heavy atom. The number of benzene rings is 1. The average Bonchev–Trinajstić information content (AvgIpc) is 2.34. The topological polar surface area (TPSA) is 73.6 Å². The summed E-state index contributed by atoms with van der Waals surface area (Å²) in [5, 5.41) is 18.0. The summed E-state index contributed by atoms with van der Waals surface area (Å²) in [4.78, 5) is 12.5. The largest absolute Gasteiger partial charge is 0.480 e. The second kappa shape index (κ2) is 6.62. The molecule has 0 atom stereocenters. The quantitative estimate of drug-likeness (QED) is 0.823. The van der Waals surface area contributed by atoms with E-state index in [0.717, 1.165) is 5.56 Å². The molecule has 0 saturated heterocycles. The molecule has 0 heterocycles. The third-order valence-corrected chi connectivity index (χ3v) is 2.50. The molecule has 0 fully saturated rings. The smallest absolute Gasteiger partial charge is 0.323 e. The van der Waals surface area contributed by atoms with E-state index in [2.05, 4.69) is 6.07 Å². The van der Waals surface area contributed by atoms with Crippen LogP contribution < -0.4 is 4.90 Å². The highest BCUT2D eigenvalue weighted by Gasteiger charge is 2.14. The lowest BCUT2D eigenvalue weighted by Crippen LogP contribution is -2.33. The minimum atomic E-state index is -0.935. The van der Waals surface area contributed by atoms with Crippen molar-refractivity contribution in [2.75, 3.05) is 31.7 Å². The predicted molar refractivity (Wildman–Crippen MR) is 67.6 cm³/mol. The van der Waals surface area contributed by atoms with Gasteiger partial charge in [-0.3, -0.25) is 4.79 Å². The lowest BCUT2D eigenvalue weighted by Gasteiger charge is -2.23. The normalized spacial score (nSPS) is 9.83. The van der Waals surface area contributed by atoms with Crippen LogP contribution in [0.4, 0.5) is 5.69 Å². The van der Waals surface area contributed by atoms with Crippen molar-refractivity contribution in [3.63, 3.8) is 0 Å². The van der Waals surface area contributed by atoms with Crippen molar-refractivity contribution in [3.05, 3.63) is 29.3 Å². The Morgan fingerprint density at radius 3 is 2.83 bits per heavy atom. The third kappa shape index (κ3) is 3.75. The number of nitriles is 1. The van der Waals surface area contributed by atoms with Gasteiger partial charge in [-0.25, -0.2) is 0 Å². The van der Waals surface area contributed by atoms with E-state index in [1.807, 2.05) is 13.0 Å². The van der Waals surface area contributed by atoms with Gasteiger partial charge in [0.1, 0.15) is 12.6 Å². The minimum Gasteiger partial charge on any atom is -0.480 e. The predicted octanol–water partition coefficient (Wildman–Crippen LogP) is 1.40. The standard InChI is InChI=1S/C13H16N2O3/c1-10-3-4-12(11(7-10)8-14)15(5-6-18-2)9-13(16)17/h3-4,7H,5-6,9H2,1-2H3,(H,16,17). The number of anilines is 1. The molecular weight excluding hydrogens is 232 g/mol. The molecule has 0 aliphatic rings. The van der Waals surface area contributed by atoms with Gasteiger partial charge >= 0.3 is 5.97 Å². The number of ether oxygens (including phenoxy) is 1. The number of hydrogen-bond acceptors (Lipinski definition) is 4. The zero-order valence-electron chi connectivity index (χ0n) is 10.5. The Kier molecular flexibility index (Phi) is 5.15. The molecule has 5 heteroatoms. The molecule has 0 aliphatic carbocycles. The van der Waals surface area contributed by atoms with Gasteiger partial charge in [-0.1, -0.05) is 6.07 Å². The van der Waals surface area contributed by atoms with E-state index in [1.54, 1.807) is 24.1 Å². The molecule has 0 aromatic heterocycles. The van der Waals surface area contributed by atoms with Crippen LogP contribution in [0, 0.1) is 18.3 Å². The number of rotatable bonds is 6. The molecule has 18 heavy (non-hydrogen) atoms. The Bertz CT molecular complexity index is 466. The van der Waals surface area contributed by atoms with E-state index in [0.29, 0.717) is 24.4 Å². The molecule has 96 valence electrons. The first-order chi connectivity index (χ1) is 8.58. The molecule has 0 bridgehead atoms. The number of methoxy groups -OCH3 is 1. The highest BCUT2D eigenvalue weighted by Crippen LogP contribution is 2.21. The van der Waals surface area contributed by atoms with Crippen molar-refractivity contribution in [2.24, 2.45) is 0 Å². The Labute approximate surface area is 106 Å². The van der Waals surface area contributed by atoms with Crippen LogP contribution in [0.15, 0.2) is 18.2 Å². The van der Waals surface area contributed by atoms with Crippen LogP contribution in [-0.4, -0.2) is 37.9 Å². The second-order valence-electron chi connectivity index (χ2n) is 3.94. The molecule has 1 rings (SSSR count). The first-order valence-electron chi connectivity index (χ1n) is 5.55. The average molecular weight is 248 g/mol. The Balaban J connectivity index is 3.03. The number of hydrogen-bond donors (Lipinski definition) is 1. The molecule has 0 unspecified atom stereocenters. The molecular formula is C13H16N2O3. The number of carbonyl (C=O) groups is 1. The van der Waals surface area contributed by atoms with Gasteiger partial charge in [0, 0.05) is 13.7 Å². The fourth-order valence-electron chi connectivity index (χ4n) is 1.66. The van der Waals surface area contributed by atoms with Crippen LogP contribution in [0.1, 0.15) is 11.1 Å². The summed E-state index contributed by atoms with van der Waals surface area (Å²) in [6, 6.07) is 7.47. The molecule has 1 N–H and O–H groups in total. The molecule has 0 amide bonds. The van der Waals surface area contributed by atoms with Gasteiger partial charge in [-0.15, -0.1) is 0 Å². The summed E-state index contributed by atoms with van der Waals surface area (Å²) in [5.74, 6) is -0.935. The van der Waals surface area contributed by atoms with Crippen LogP contribution in [0.5, 0.6) is 0 Å². The van der Waals surface area contributed by atoms with Crippen molar-refractivity contribution in [1.29, 1.82) is 5.26 Å². The summed E-state index contributed by atoms with van der Waals surface area (Å²) in [6.45, 7) is 2.58. The molecule has 0 radical (unpaired) electrons. The highest BCUT2D eigenvalue weighted by molar-refractivity contribution is 5.75. The molecule has 0 saturated carbocycles. The maximum absolute atomic E-state index is 10.8. The van der Waals surface area contributed by atoms with Crippen molar-refractivity contribution >= 4 is 11.7 Å². The van der Waals surface area contributed by atoms with Crippen molar-refractivity contribution in [1.82, 2.24) is 0 Å². The summed E-state index contributed by atoms with van der Waals surface area (Å²) in [7, 11) is 1.55. The fraction of sp³-hybridized carbons (Fsp3) is 0.385. The van der Waals surface area contributed by atoms with Gasteiger partial charge < -0.3 is 14.7 Å². The summed E-state index contributed by atoms with van der Waals surface area (Å²) in [6.07, 6.45) is 0. The number of aryl methyl sites for hydroxylation is 1. The first kappa shape index (κ1) is 14.0. The second-order valence-corrected chi connectivity index (χ2v) is 3.94. The SMILES string of the molecule is COCCN(CC(=O)O)c1ccc(C)cc1C#N. The number of carboxylic acids is 1. The van der Waals surface area contributed by atoms with Gasteiger partial charge in [0.25, 0.3) is 0 Å². The van der Waals surface area contributed by atoms with Gasteiger partial charge in [0.05, 0.1) is 17.9 Å². The van der Waals surface area contributed by atoms with Crippen molar-refractivity contribution < 1.29 is 14.6 Å². The maximum Gasteiger partial charge on any atom is 0.323 e. The summed E-state index contributed by atoms with van der Waals surface area (Å²) >= 11 is 0. The van der Waals surface area contributed by atoms with Crippen LogP contribution in [0.25, 0.3) is 0 Å². The van der Waals surface area contributed by atoms with Crippen LogP contribution in [0.2, 0.25) is 0 Å². The Hall–Kier alpha value is -2.06. The van der Waals surface area contributed by atoms with Gasteiger partial charge in [-0.2, -0.15) is 5.26 Å². The van der Waals surface area contributed by atoms with Crippen molar-refractivity contribution in [3.8, 4) is 6.07 Å². The lowest BCUT2D eigenvalue weighted by molar-refractivity contribution is -0.135. The number of nitrogens with zero attached hydrogens (tertiary/aromatic N) is 2. The molecule has 1 aromatic carbocycles. The lowest BCUT2D eigenvalue weighted by atomic mass is 10.1. The van der Waals surface area contributed by atoms with E-state index in [1.165, 1.54) is 0 Å². The maximum atomic E-state index is 10.8. The third-order valence-electron chi connectivity index (χ3n) is 2.50. The van der Waals surface area contributed by atoms with Gasteiger partial charge in [0.15, 0.2) is 0 Å². The van der Waals surface area contributed by atoms with Crippen LogP contribution in [-0.2, 0) is 9.53 Å². The monoisotopic (exact) mass is 248 g/mol. The van der Waals surface area contributed by atoms with E-state index in [4.69, 9.17) is 15.1 Å². The molecule has 5 nitrogen and oxygen atoms in total. The Morgan fingerprint density at radius 2 is 2.28 bits per heavy atom. The summed E-state index contributed by atoms with van der Waals surface area (Å²) < 4.78 is 4.96. The molecule has 0 aliphatic heterocycles. The summed E-state index contributed by atoms with van der Waals surface area (Å²) in [5.41, 5.74) is 2.08. The van der Waals surface area contributed by atoms with Crippen LogP contribution in [0.3, 0.4) is 0 Å². The van der Waals surface area contributed by atoms with Gasteiger partial charge in [0.2, 0.25) is 0 Å². The molecule has 0 spiro atoms. The zero-order valence-corrected chi connectivity index (χ0v) is 10.5. The first-order valence-corrected chi connectivity index (χ1v) is 5.55. The highest BCUT2D eigenvalue weighted by atomic mass is 16.5. The number of carboxylic acid groups (broad SMARTS) is 1. The number of aliphatic carboxylic acids is 1. The van der Waals surface area contributed by atoms with E-state index in [-0.39, 0.29) is 6.54 Å². The minimum absolute atomic E-state index is 0.152. The van der Waals surface area contributed by atoms with Crippen LogP contribution >= 0.6 is 0 Å². The van der Waals surface area contributed by atoms with E-state index < -0.39 is 5.97 Å². The van der Waals surface area contributed by atoms with E-state index >= 15 is 0 Å².